The summed E-state index contributed by atoms with van der Waals surface area (Å²) < 4.78 is 15.9. The van der Waals surface area contributed by atoms with Crippen molar-refractivity contribution in [3.8, 4) is 17.2 Å². The van der Waals surface area contributed by atoms with E-state index in [4.69, 9.17) is 14.2 Å². The van der Waals surface area contributed by atoms with E-state index in [1.807, 2.05) is 12.1 Å². The predicted octanol–water partition coefficient (Wildman–Crippen LogP) is 4.34. The standard InChI is InChI=1S/C22H28N2O4/c1-15-7-5-6-12-24(15)18-10-8-17(9-11-18)23-22(25)16-13-19(26-2)21(28-4)20(14-16)27-3/h8-11,13-15H,5-7,12H2,1-4H3,(H,23,25). The lowest BCUT2D eigenvalue weighted by Gasteiger charge is -2.35. The molecule has 0 radical (unpaired) electrons. The highest BCUT2D eigenvalue weighted by Crippen LogP contribution is 2.38. The molecule has 2 aromatic carbocycles. The van der Waals surface area contributed by atoms with E-state index in [1.54, 1.807) is 12.1 Å². The summed E-state index contributed by atoms with van der Waals surface area (Å²) in [5.41, 5.74) is 2.37. The van der Waals surface area contributed by atoms with Crippen LogP contribution in [-0.4, -0.2) is 39.8 Å². The van der Waals surface area contributed by atoms with Gasteiger partial charge in [-0.15, -0.1) is 0 Å². The first-order chi connectivity index (χ1) is 13.6. The third-order valence-electron chi connectivity index (χ3n) is 5.19. The molecule has 3 rings (SSSR count). The molecule has 1 amide bonds. The lowest BCUT2D eigenvalue weighted by atomic mass is 10.0. The number of anilines is 2. The summed E-state index contributed by atoms with van der Waals surface area (Å²) in [6, 6.07) is 11.8. The normalized spacial score (nSPS) is 16.4. The van der Waals surface area contributed by atoms with Gasteiger partial charge < -0.3 is 24.4 Å². The Morgan fingerprint density at radius 3 is 2.18 bits per heavy atom. The van der Waals surface area contributed by atoms with Gasteiger partial charge in [0.25, 0.3) is 5.91 Å². The van der Waals surface area contributed by atoms with Gasteiger partial charge in [-0.25, -0.2) is 0 Å². The maximum absolute atomic E-state index is 12.7. The number of hydrogen-bond acceptors (Lipinski definition) is 5. The Morgan fingerprint density at radius 2 is 1.64 bits per heavy atom. The highest BCUT2D eigenvalue weighted by molar-refractivity contribution is 6.05. The van der Waals surface area contributed by atoms with Crippen molar-refractivity contribution in [1.29, 1.82) is 0 Å². The average Bonchev–Trinajstić information content (AvgIpc) is 2.73. The smallest absolute Gasteiger partial charge is 0.255 e. The molecule has 0 spiro atoms. The van der Waals surface area contributed by atoms with E-state index in [2.05, 4.69) is 29.3 Å². The van der Waals surface area contributed by atoms with Crippen LogP contribution in [0.1, 0.15) is 36.5 Å². The third-order valence-corrected chi connectivity index (χ3v) is 5.19. The minimum absolute atomic E-state index is 0.238. The van der Waals surface area contributed by atoms with Crippen LogP contribution in [-0.2, 0) is 0 Å². The van der Waals surface area contributed by atoms with Gasteiger partial charge in [-0.05, 0) is 62.6 Å². The van der Waals surface area contributed by atoms with Gasteiger partial charge in [0.2, 0.25) is 5.75 Å². The van der Waals surface area contributed by atoms with Gasteiger partial charge >= 0.3 is 0 Å². The van der Waals surface area contributed by atoms with Crippen molar-refractivity contribution in [3.05, 3.63) is 42.0 Å². The van der Waals surface area contributed by atoms with E-state index >= 15 is 0 Å². The number of carbonyl (C=O) groups is 1. The van der Waals surface area contributed by atoms with E-state index in [0.29, 0.717) is 28.9 Å². The first-order valence-electron chi connectivity index (χ1n) is 9.55. The number of ether oxygens (including phenoxy) is 3. The summed E-state index contributed by atoms with van der Waals surface area (Å²) in [5, 5.41) is 2.93. The minimum Gasteiger partial charge on any atom is -0.493 e. The molecular weight excluding hydrogens is 356 g/mol. The average molecular weight is 384 g/mol. The molecule has 1 unspecified atom stereocenters. The predicted molar refractivity (Wildman–Crippen MR) is 111 cm³/mol. The number of rotatable bonds is 6. The number of hydrogen-bond donors (Lipinski definition) is 1. The SMILES string of the molecule is COc1cc(C(=O)Nc2ccc(N3CCCCC3C)cc2)cc(OC)c1OC. The minimum atomic E-state index is -0.238. The van der Waals surface area contributed by atoms with Crippen molar-refractivity contribution in [2.75, 3.05) is 38.1 Å². The number of nitrogens with zero attached hydrogens (tertiary/aromatic N) is 1. The molecule has 28 heavy (non-hydrogen) atoms. The Labute approximate surface area is 166 Å². The molecule has 1 N–H and O–H groups in total. The summed E-state index contributed by atoms with van der Waals surface area (Å²) in [5.74, 6) is 1.11. The van der Waals surface area contributed by atoms with Crippen LogP contribution >= 0.6 is 0 Å². The van der Waals surface area contributed by atoms with Crippen molar-refractivity contribution in [2.24, 2.45) is 0 Å². The van der Waals surface area contributed by atoms with Gasteiger partial charge in [0.15, 0.2) is 11.5 Å². The van der Waals surface area contributed by atoms with Crippen LogP contribution in [0.25, 0.3) is 0 Å². The van der Waals surface area contributed by atoms with Crippen molar-refractivity contribution < 1.29 is 19.0 Å². The molecule has 1 heterocycles. The van der Waals surface area contributed by atoms with E-state index < -0.39 is 0 Å². The maximum atomic E-state index is 12.7. The molecule has 0 aromatic heterocycles. The Bertz CT molecular complexity index is 795. The van der Waals surface area contributed by atoms with Gasteiger partial charge in [-0.2, -0.15) is 0 Å². The van der Waals surface area contributed by atoms with Crippen LogP contribution in [0.2, 0.25) is 0 Å². The van der Waals surface area contributed by atoms with Gasteiger partial charge in [-0.1, -0.05) is 0 Å². The summed E-state index contributed by atoms with van der Waals surface area (Å²) in [4.78, 5) is 15.1. The van der Waals surface area contributed by atoms with Gasteiger partial charge in [0.1, 0.15) is 0 Å². The van der Waals surface area contributed by atoms with Gasteiger partial charge in [-0.3, -0.25) is 4.79 Å². The molecule has 6 nitrogen and oxygen atoms in total. The third kappa shape index (κ3) is 4.16. The van der Waals surface area contributed by atoms with Crippen LogP contribution in [0, 0.1) is 0 Å². The largest absolute Gasteiger partial charge is 0.493 e. The quantitative estimate of drug-likeness (QED) is 0.803. The van der Waals surface area contributed by atoms with E-state index in [0.717, 1.165) is 12.2 Å². The Kier molecular flexibility index (Phi) is 6.29. The maximum Gasteiger partial charge on any atom is 0.255 e. The zero-order valence-electron chi connectivity index (χ0n) is 17.0. The Balaban J connectivity index is 1.76. The second-order valence-corrected chi connectivity index (χ2v) is 6.95. The molecule has 1 aliphatic rings. The number of methoxy groups -OCH3 is 3. The van der Waals surface area contributed by atoms with Crippen LogP contribution in [0.4, 0.5) is 11.4 Å². The molecule has 1 saturated heterocycles. The number of benzene rings is 2. The molecule has 0 saturated carbocycles. The molecule has 150 valence electrons. The summed E-state index contributed by atoms with van der Waals surface area (Å²) in [6.07, 6.45) is 3.74. The lowest BCUT2D eigenvalue weighted by molar-refractivity contribution is 0.102. The first-order valence-corrected chi connectivity index (χ1v) is 9.55. The lowest BCUT2D eigenvalue weighted by Crippen LogP contribution is -2.37. The van der Waals surface area contributed by atoms with Gasteiger partial charge in [0.05, 0.1) is 21.3 Å². The van der Waals surface area contributed by atoms with Crippen LogP contribution in [0.15, 0.2) is 36.4 Å². The number of nitrogens with one attached hydrogen (secondary N) is 1. The van der Waals surface area contributed by atoms with Crippen molar-refractivity contribution >= 4 is 17.3 Å². The molecule has 2 aromatic rings. The zero-order valence-corrected chi connectivity index (χ0v) is 17.0. The van der Waals surface area contributed by atoms with Crippen LogP contribution in [0.3, 0.4) is 0 Å². The fourth-order valence-corrected chi connectivity index (χ4v) is 3.63. The second kappa shape index (κ2) is 8.87. The number of carbonyl (C=O) groups excluding carboxylic acids is 1. The van der Waals surface area contributed by atoms with Crippen LogP contribution in [0.5, 0.6) is 17.2 Å². The molecule has 0 aliphatic carbocycles. The molecule has 1 atom stereocenters. The zero-order chi connectivity index (χ0) is 20.1. The molecule has 6 heteroatoms. The first kappa shape index (κ1) is 19.9. The molecule has 0 bridgehead atoms. The Hall–Kier alpha value is -2.89. The van der Waals surface area contributed by atoms with E-state index in [9.17, 15) is 4.79 Å². The Morgan fingerprint density at radius 1 is 1.00 bits per heavy atom. The molecular formula is C22H28N2O4. The topological polar surface area (TPSA) is 60.0 Å². The summed E-state index contributed by atoms with van der Waals surface area (Å²) in [6.45, 7) is 3.34. The fourth-order valence-electron chi connectivity index (χ4n) is 3.63. The van der Waals surface area contributed by atoms with E-state index in [-0.39, 0.29) is 5.91 Å². The number of amides is 1. The number of piperidine rings is 1. The molecule has 1 aliphatic heterocycles. The summed E-state index contributed by atoms with van der Waals surface area (Å²) in [7, 11) is 4.59. The van der Waals surface area contributed by atoms with Gasteiger partial charge in [0, 0.05) is 29.5 Å². The van der Waals surface area contributed by atoms with Crippen molar-refractivity contribution in [1.82, 2.24) is 0 Å². The van der Waals surface area contributed by atoms with Crippen molar-refractivity contribution in [3.63, 3.8) is 0 Å². The monoisotopic (exact) mass is 384 g/mol. The highest BCUT2D eigenvalue weighted by atomic mass is 16.5. The highest BCUT2D eigenvalue weighted by Gasteiger charge is 2.19. The second-order valence-electron chi connectivity index (χ2n) is 6.95. The van der Waals surface area contributed by atoms with Crippen molar-refractivity contribution in [2.45, 2.75) is 32.2 Å². The van der Waals surface area contributed by atoms with Crippen LogP contribution < -0.4 is 24.4 Å². The summed E-state index contributed by atoms with van der Waals surface area (Å²) >= 11 is 0. The molecule has 1 fully saturated rings. The fraction of sp³-hybridized carbons (Fsp3) is 0.409. The van der Waals surface area contributed by atoms with E-state index in [1.165, 1.54) is 46.3 Å².